The molecule has 0 bridgehead atoms. The molecule has 0 fully saturated rings. The predicted octanol–water partition coefficient (Wildman–Crippen LogP) is 2.75. The van der Waals surface area contributed by atoms with Crippen LogP contribution in [-0.4, -0.2) is 25.4 Å². The van der Waals surface area contributed by atoms with Gasteiger partial charge in [-0.1, -0.05) is 18.2 Å². The van der Waals surface area contributed by atoms with Crippen LogP contribution in [-0.2, 0) is 6.54 Å². The van der Waals surface area contributed by atoms with Crippen LogP contribution in [0, 0.1) is 0 Å². The Balaban J connectivity index is 1.48. The zero-order valence-corrected chi connectivity index (χ0v) is 13.3. The number of para-hydroxylation sites is 2. The summed E-state index contributed by atoms with van der Waals surface area (Å²) in [4.78, 5) is 24.8. The number of amides is 1. The van der Waals surface area contributed by atoms with Gasteiger partial charge in [0.05, 0.1) is 16.6 Å². The Labute approximate surface area is 144 Å². The normalized spacial score (nSPS) is 10.7. The number of nitrogens with zero attached hydrogens (tertiary/aromatic N) is 4. The number of rotatable bonds is 4. The van der Waals surface area contributed by atoms with E-state index in [2.05, 4.69) is 20.3 Å². The van der Waals surface area contributed by atoms with Crippen LogP contribution in [0.15, 0.2) is 73.4 Å². The van der Waals surface area contributed by atoms with Crippen LogP contribution < -0.4 is 5.32 Å². The van der Waals surface area contributed by atoms with Crippen molar-refractivity contribution in [2.45, 2.75) is 6.54 Å². The lowest BCUT2D eigenvalue weighted by atomic mass is 10.2. The molecule has 122 valence electrons. The van der Waals surface area contributed by atoms with Crippen molar-refractivity contribution in [3.63, 3.8) is 0 Å². The molecule has 0 spiro atoms. The van der Waals surface area contributed by atoms with Gasteiger partial charge in [-0.2, -0.15) is 0 Å². The first-order valence-corrected chi connectivity index (χ1v) is 7.87. The number of pyridine rings is 2. The van der Waals surface area contributed by atoms with Crippen molar-refractivity contribution in [2.24, 2.45) is 0 Å². The highest BCUT2D eigenvalue weighted by Gasteiger charge is 2.07. The SMILES string of the molecule is O=C(NCc1ccc(-n2cnc3ccccc32)nc1)c1cccnc1. The number of carbonyl (C=O) groups excluding carboxylic acids is 1. The van der Waals surface area contributed by atoms with Gasteiger partial charge in [0.2, 0.25) is 0 Å². The van der Waals surface area contributed by atoms with Crippen LogP contribution in [0.5, 0.6) is 0 Å². The van der Waals surface area contributed by atoms with Gasteiger partial charge in [0.25, 0.3) is 5.91 Å². The molecule has 4 aromatic rings. The second-order valence-electron chi connectivity index (χ2n) is 5.55. The molecule has 0 unspecified atom stereocenters. The molecule has 1 amide bonds. The van der Waals surface area contributed by atoms with Gasteiger partial charge >= 0.3 is 0 Å². The van der Waals surface area contributed by atoms with Gasteiger partial charge in [-0.3, -0.25) is 14.3 Å². The van der Waals surface area contributed by atoms with E-state index < -0.39 is 0 Å². The summed E-state index contributed by atoms with van der Waals surface area (Å²) in [7, 11) is 0. The van der Waals surface area contributed by atoms with Gasteiger partial charge in [-0.15, -0.1) is 0 Å². The zero-order chi connectivity index (χ0) is 17.1. The van der Waals surface area contributed by atoms with E-state index in [1.165, 1.54) is 0 Å². The molecule has 0 saturated heterocycles. The first-order chi connectivity index (χ1) is 12.3. The van der Waals surface area contributed by atoms with Crippen molar-refractivity contribution >= 4 is 16.9 Å². The van der Waals surface area contributed by atoms with Crippen molar-refractivity contribution in [3.8, 4) is 5.82 Å². The summed E-state index contributed by atoms with van der Waals surface area (Å²) in [5.41, 5.74) is 3.40. The maximum Gasteiger partial charge on any atom is 0.253 e. The zero-order valence-electron chi connectivity index (χ0n) is 13.3. The third-order valence-electron chi connectivity index (χ3n) is 3.89. The number of benzene rings is 1. The van der Waals surface area contributed by atoms with E-state index in [4.69, 9.17) is 0 Å². The summed E-state index contributed by atoms with van der Waals surface area (Å²) in [5, 5.41) is 2.86. The van der Waals surface area contributed by atoms with Crippen LogP contribution in [0.4, 0.5) is 0 Å². The van der Waals surface area contributed by atoms with Crippen molar-refractivity contribution in [1.82, 2.24) is 24.8 Å². The lowest BCUT2D eigenvalue weighted by Crippen LogP contribution is -2.22. The molecule has 0 atom stereocenters. The standard InChI is InChI=1S/C19H15N5O/c25-19(15-4-3-9-20-12-15)22-11-14-7-8-18(21-10-14)24-13-23-16-5-1-2-6-17(16)24/h1-10,12-13H,11H2,(H,22,25). The molecule has 3 heterocycles. The van der Waals surface area contributed by atoms with Crippen LogP contribution in [0.25, 0.3) is 16.9 Å². The van der Waals surface area contributed by atoms with E-state index in [-0.39, 0.29) is 5.91 Å². The van der Waals surface area contributed by atoms with E-state index in [0.717, 1.165) is 22.4 Å². The second kappa shape index (κ2) is 6.52. The first-order valence-electron chi connectivity index (χ1n) is 7.87. The lowest BCUT2D eigenvalue weighted by Gasteiger charge is -2.07. The average Bonchev–Trinajstić information content (AvgIpc) is 3.11. The fourth-order valence-corrected chi connectivity index (χ4v) is 2.59. The first kappa shape index (κ1) is 15.0. The van der Waals surface area contributed by atoms with Gasteiger partial charge in [0.15, 0.2) is 0 Å². The van der Waals surface area contributed by atoms with Gasteiger partial charge in [-0.05, 0) is 35.9 Å². The summed E-state index contributed by atoms with van der Waals surface area (Å²) in [6, 6.07) is 15.2. The molecule has 1 aromatic carbocycles. The minimum Gasteiger partial charge on any atom is -0.348 e. The van der Waals surface area contributed by atoms with Crippen LogP contribution in [0.2, 0.25) is 0 Å². The Morgan fingerprint density at radius 2 is 1.92 bits per heavy atom. The molecule has 6 heteroatoms. The van der Waals surface area contributed by atoms with Gasteiger partial charge in [-0.25, -0.2) is 9.97 Å². The Morgan fingerprint density at radius 1 is 1.00 bits per heavy atom. The predicted molar refractivity (Wildman–Crippen MR) is 94.3 cm³/mol. The number of fused-ring (bicyclic) bond motifs is 1. The van der Waals surface area contributed by atoms with Gasteiger partial charge in [0.1, 0.15) is 12.1 Å². The molecule has 25 heavy (non-hydrogen) atoms. The fraction of sp³-hybridized carbons (Fsp3) is 0.0526. The maximum atomic E-state index is 12.0. The number of imidazole rings is 1. The molecule has 6 nitrogen and oxygen atoms in total. The smallest absolute Gasteiger partial charge is 0.253 e. The van der Waals surface area contributed by atoms with Crippen LogP contribution in [0.1, 0.15) is 15.9 Å². The average molecular weight is 329 g/mol. The summed E-state index contributed by atoms with van der Waals surface area (Å²) < 4.78 is 1.94. The molecule has 0 aliphatic carbocycles. The maximum absolute atomic E-state index is 12.0. The van der Waals surface area contributed by atoms with E-state index in [0.29, 0.717) is 12.1 Å². The lowest BCUT2D eigenvalue weighted by molar-refractivity contribution is 0.0950. The molecule has 0 saturated carbocycles. The topological polar surface area (TPSA) is 72.7 Å². The Hall–Kier alpha value is -3.54. The second-order valence-corrected chi connectivity index (χ2v) is 5.55. The number of carbonyl (C=O) groups is 1. The Kier molecular flexibility index (Phi) is 3.92. The third-order valence-corrected chi connectivity index (χ3v) is 3.89. The third kappa shape index (κ3) is 3.10. The number of hydrogen-bond donors (Lipinski definition) is 1. The minimum absolute atomic E-state index is 0.155. The van der Waals surface area contributed by atoms with E-state index in [1.807, 2.05) is 41.0 Å². The Morgan fingerprint density at radius 3 is 2.72 bits per heavy atom. The Bertz CT molecular complexity index is 1010. The highest BCUT2D eigenvalue weighted by molar-refractivity contribution is 5.93. The number of aromatic nitrogens is 4. The van der Waals surface area contributed by atoms with Crippen LogP contribution >= 0.6 is 0 Å². The van der Waals surface area contributed by atoms with E-state index >= 15 is 0 Å². The monoisotopic (exact) mass is 329 g/mol. The van der Waals surface area contributed by atoms with Gasteiger partial charge in [0, 0.05) is 25.1 Å². The molecular formula is C19H15N5O. The van der Waals surface area contributed by atoms with Crippen molar-refractivity contribution in [2.75, 3.05) is 0 Å². The van der Waals surface area contributed by atoms with Crippen LogP contribution in [0.3, 0.4) is 0 Å². The minimum atomic E-state index is -0.155. The van der Waals surface area contributed by atoms with Crippen molar-refractivity contribution in [1.29, 1.82) is 0 Å². The summed E-state index contributed by atoms with van der Waals surface area (Å²) in [6.45, 7) is 0.408. The number of nitrogens with one attached hydrogen (secondary N) is 1. The van der Waals surface area contributed by atoms with Crippen molar-refractivity contribution < 1.29 is 4.79 Å². The van der Waals surface area contributed by atoms with Crippen molar-refractivity contribution in [3.05, 3.63) is 84.6 Å². The molecule has 0 aliphatic rings. The van der Waals surface area contributed by atoms with E-state index in [1.54, 1.807) is 37.1 Å². The summed E-state index contributed by atoms with van der Waals surface area (Å²) in [6.07, 6.45) is 6.70. The summed E-state index contributed by atoms with van der Waals surface area (Å²) in [5.74, 6) is 0.633. The molecule has 0 aliphatic heterocycles. The highest BCUT2D eigenvalue weighted by Crippen LogP contribution is 2.16. The molecule has 0 radical (unpaired) electrons. The van der Waals surface area contributed by atoms with Gasteiger partial charge < -0.3 is 5.32 Å². The highest BCUT2D eigenvalue weighted by atomic mass is 16.1. The molecule has 3 aromatic heterocycles. The molecule has 4 rings (SSSR count). The largest absolute Gasteiger partial charge is 0.348 e. The number of hydrogen-bond acceptors (Lipinski definition) is 4. The fourth-order valence-electron chi connectivity index (χ4n) is 2.59. The molecule has 1 N–H and O–H groups in total. The van der Waals surface area contributed by atoms with E-state index in [9.17, 15) is 4.79 Å². The summed E-state index contributed by atoms with van der Waals surface area (Å²) >= 11 is 0. The quantitative estimate of drug-likeness (QED) is 0.625. The molecular weight excluding hydrogens is 314 g/mol.